The van der Waals surface area contributed by atoms with Crippen molar-refractivity contribution in [1.82, 2.24) is 4.90 Å². The smallest absolute Gasteiger partial charge is 0.269 e. The van der Waals surface area contributed by atoms with E-state index in [9.17, 15) is 10.1 Å². The average molecular weight is 319 g/mol. The van der Waals surface area contributed by atoms with Crippen LogP contribution in [0.4, 0.5) is 11.4 Å². The molecule has 1 N–H and O–H groups in total. The fourth-order valence-corrected chi connectivity index (χ4v) is 4.08. The number of hydrogen-bond donors (Lipinski definition) is 1. The first-order chi connectivity index (χ1) is 10.6. The highest BCUT2D eigenvalue weighted by Crippen LogP contribution is 2.35. The summed E-state index contributed by atoms with van der Waals surface area (Å²) >= 11 is 5.59. The number of fused-ring (bicyclic) bond motifs is 1. The minimum atomic E-state index is -0.390. The Morgan fingerprint density at radius 3 is 2.59 bits per heavy atom. The van der Waals surface area contributed by atoms with Crippen LogP contribution in [-0.2, 0) is 0 Å². The molecule has 0 bridgehead atoms. The summed E-state index contributed by atoms with van der Waals surface area (Å²) in [4.78, 5) is 12.6. The topological polar surface area (TPSA) is 58.4 Å². The Labute approximate surface area is 135 Å². The van der Waals surface area contributed by atoms with E-state index in [2.05, 4.69) is 10.2 Å². The zero-order chi connectivity index (χ0) is 15.5. The van der Waals surface area contributed by atoms with Gasteiger partial charge in [0.25, 0.3) is 5.69 Å². The van der Waals surface area contributed by atoms with Gasteiger partial charge < -0.3 is 10.2 Å². The Morgan fingerprint density at radius 1 is 1.18 bits per heavy atom. The number of likely N-dealkylation sites (tertiary alicyclic amines) is 1. The molecule has 1 aromatic carbocycles. The molecule has 0 spiro atoms. The second-order valence-corrected chi connectivity index (χ2v) is 6.57. The second-order valence-electron chi connectivity index (χ2n) is 6.18. The lowest BCUT2D eigenvalue weighted by Gasteiger charge is -2.45. The van der Waals surface area contributed by atoms with Gasteiger partial charge in [-0.3, -0.25) is 10.1 Å². The standard InChI is InChI=1S/C16H21N3O2S/c20-19(21)14-9-7-13(8-10-14)17-16(22)18-11-3-5-12-4-1-2-6-15(12)18/h7-10,12,15H,1-6,11H2,(H,17,22)/t12-,15-/m0/s1. The number of nitrogens with one attached hydrogen (secondary N) is 1. The van der Waals surface area contributed by atoms with E-state index in [1.54, 1.807) is 12.1 Å². The van der Waals surface area contributed by atoms with E-state index in [0.717, 1.165) is 23.3 Å². The SMILES string of the molecule is O=[N+]([O-])c1ccc(NC(=S)N2CCC[C@@H]3CCCC[C@@H]32)cc1. The molecule has 22 heavy (non-hydrogen) atoms. The Kier molecular flexibility index (Phi) is 4.57. The normalized spacial score (nSPS) is 24.5. The van der Waals surface area contributed by atoms with Crippen molar-refractivity contribution >= 4 is 28.7 Å². The highest BCUT2D eigenvalue weighted by atomic mass is 32.1. The van der Waals surface area contributed by atoms with Crippen molar-refractivity contribution in [2.75, 3.05) is 11.9 Å². The predicted molar refractivity (Wildman–Crippen MR) is 91.0 cm³/mol. The molecule has 1 aliphatic heterocycles. The van der Waals surface area contributed by atoms with Gasteiger partial charge in [-0.15, -0.1) is 0 Å². The third kappa shape index (κ3) is 3.21. The first kappa shape index (κ1) is 15.2. The van der Waals surface area contributed by atoms with Crippen LogP contribution in [0.2, 0.25) is 0 Å². The van der Waals surface area contributed by atoms with Gasteiger partial charge in [0.2, 0.25) is 0 Å². The van der Waals surface area contributed by atoms with Crippen LogP contribution in [0, 0.1) is 16.0 Å². The number of benzene rings is 1. The molecule has 1 saturated carbocycles. The molecule has 118 valence electrons. The number of nitrogens with zero attached hydrogens (tertiary/aromatic N) is 2. The van der Waals surface area contributed by atoms with Gasteiger partial charge in [0, 0.05) is 30.4 Å². The molecule has 2 fully saturated rings. The first-order valence-electron chi connectivity index (χ1n) is 7.97. The van der Waals surface area contributed by atoms with Gasteiger partial charge in [0.15, 0.2) is 5.11 Å². The van der Waals surface area contributed by atoms with Gasteiger partial charge in [0.1, 0.15) is 0 Å². The molecule has 1 aliphatic carbocycles. The van der Waals surface area contributed by atoms with Gasteiger partial charge in [-0.25, -0.2) is 0 Å². The monoisotopic (exact) mass is 319 g/mol. The van der Waals surface area contributed by atoms with Gasteiger partial charge in [-0.1, -0.05) is 12.8 Å². The van der Waals surface area contributed by atoms with Crippen molar-refractivity contribution in [3.63, 3.8) is 0 Å². The van der Waals surface area contributed by atoms with E-state index in [1.165, 1.54) is 50.7 Å². The van der Waals surface area contributed by atoms with Crippen LogP contribution in [0.3, 0.4) is 0 Å². The molecule has 0 aromatic heterocycles. The van der Waals surface area contributed by atoms with Crippen LogP contribution in [-0.4, -0.2) is 27.5 Å². The number of nitro groups is 1. The molecular weight excluding hydrogens is 298 g/mol. The minimum absolute atomic E-state index is 0.0989. The summed E-state index contributed by atoms with van der Waals surface area (Å²) in [6.45, 7) is 1.01. The van der Waals surface area contributed by atoms with Gasteiger partial charge >= 0.3 is 0 Å². The summed E-state index contributed by atoms with van der Waals surface area (Å²) in [5, 5.41) is 14.7. The summed E-state index contributed by atoms with van der Waals surface area (Å²) in [7, 11) is 0. The summed E-state index contributed by atoms with van der Waals surface area (Å²) < 4.78 is 0. The van der Waals surface area contributed by atoms with Crippen LogP contribution in [0.1, 0.15) is 38.5 Å². The Morgan fingerprint density at radius 2 is 1.86 bits per heavy atom. The van der Waals surface area contributed by atoms with E-state index in [0.29, 0.717) is 6.04 Å². The molecular formula is C16H21N3O2S. The average Bonchev–Trinajstić information content (AvgIpc) is 2.54. The first-order valence-corrected chi connectivity index (χ1v) is 8.38. The lowest BCUT2D eigenvalue weighted by Crippen LogP contribution is -2.51. The van der Waals surface area contributed by atoms with Crippen molar-refractivity contribution in [2.24, 2.45) is 5.92 Å². The molecule has 2 aliphatic rings. The second kappa shape index (κ2) is 6.60. The van der Waals surface area contributed by atoms with Crippen LogP contribution in [0.5, 0.6) is 0 Å². The molecule has 5 nitrogen and oxygen atoms in total. The van der Waals surface area contributed by atoms with Crippen molar-refractivity contribution in [1.29, 1.82) is 0 Å². The zero-order valence-corrected chi connectivity index (χ0v) is 13.3. The number of hydrogen-bond acceptors (Lipinski definition) is 3. The van der Waals surface area contributed by atoms with Gasteiger partial charge in [-0.2, -0.15) is 0 Å². The maximum absolute atomic E-state index is 10.7. The number of nitro benzene ring substituents is 1. The third-order valence-electron chi connectivity index (χ3n) is 4.83. The molecule has 1 heterocycles. The molecule has 0 radical (unpaired) electrons. The molecule has 2 atom stereocenters. The maximum Gasteiger partial charge on any atom is 0.269 e. The highest BCUT2D eigenvalue weighted by molar-refractivity contribution is 7.80. The molecule has 1 saturated heterocycles. The van der Waals surface area contributed by atoms with Crippen LogP contribution >= 0.6 is 12.2 Å². The highest BCUT2D eigenvalue weighted by Gasteiger charge is 2.34. The molecule has 0 amide bonds. The van der Waals surface area contributed by atoms with Crippen LogP contribution < -0.4 is 5.32 Å². The van der Waals surface area contributed by atoms with Crippen molar-refractivity contribution in [3.8, 4) is 0 Å². The van der Waals surface area contributed by atoms with Crippen molar-refractivity contribution < 1.29 is 4.92 Å². The lowest BCUT2D eigenvalue weighted by molar-refractivity contribution is -0.384. The molecule has 1 aromatic rings. The fourth-order valence-electron chi connectivity index (χ4n) is 3.74. The van der Waals surface area contributed by atoms with Gasteiger partial charge in [-0.05, 0) is 56.0 Å². The summed E-state index contributed by atoms with van der Waals surface area (Å²) in [5.41, 5.74) is 0.912. The molecule has 3 rings (SSSR count). The van der Waals surface area contributed by atoms with Crippen molar-refractivity contribution in [2.45, 2.75) is 44.6 Å². The Balaban J connectivity index is 1.66. The Bertz CT molecular complexity index is 559. The fraction of sp³-hybridized carbons (Fsp3) is 0.562. The van der Waals surface area contributed by atoms with E-state index in [1.807, 2.05) is 0 Å². The lowest BCUT2D eigenvalue weighted by atomic mass is 9.78. The summed E-state index contributed by atoms with van der Waals surface area (Å²) in [6.07, 6.45) is 7.70. The van der Waals surface area contributed by atoms with Crippen molar-refractivity contribution in [3.05, 3.63) is 34.4 Å². The number of piperidine rings is 1. The Hall–Kier alpha value is -1.69. The van der Waals surface area contributed by atoms with E-state index >= 15 is 0 Å². The number of anilines is 1. The summed E-state index contributed by atoms with van der Waals surface area (Å²) in [5.74, 6) is 0.777. The quantitative estimate of drug-likeness (QED) is 0.508. The summed E-state index contributed by atoms with van der Waals surface area (Å²) in [6, 6.07) is 7.01. The number of thiocarbonyl (C=S) groups is 1. The minimum Gasteiger partial charge on any atom is -0.346 e. The van der Waals surface area contributed by atoms with E-state index in [-0.39, 0.29) is 10.6 Å². The van der Waals surface area contributed by atoms with E-state index < -0.39 is 0 Å². The number of rotatable bonds is 2. The zero-order valence-electron chi connectivity index (χ0n) is 12.5. The maximum atomic E-state index is 10.7. The third-order valence-corrected chi connectivity index (χ3v) is 5.17. The largest absolute Gasteiger partial charge is 0.346 e. The molecule has 0 unspecified atom stereocenters. The van der Waals surface area contributed by atoms with Crippen LogP contribution in [0.15, 0.2) is 24.3 Å². The van der Waals surface area contributed by atoms with Crippen LogP contribution in [0.25, 0.3) is 0 Å². The predicted octanol–water partition coefficient (Wildman–Crippen LogP) is 3.95. The number of non-ortho nitro benzene ring substituents is 1. The molecule has 6 heteroatoms. The van der Waals surface area contributed by atoms with E-state index in [4.69, 9.17) is 12.2 Å². The van der Waals surface area contributed by atoms with Gasteiger partial charge in [0.05, 0.1) is 4.92 Å².